The first-order chi connectivity index (χ1) is 18.0. The van der Waals surface area contributed by atoms with Crippen LogP contribution in [0.3, 0.4) is 0 Å². The van der Waals surface area contributed by atoms with Gasteiger partial charge in [0.15, 0.2) is 0 Å². The number of tetrazole rings is 1. The van der Waals surface area contributed by atoms with Gasteiger partial charge in [-0.2, -0.15) is 5.21 Å². The molecule has 0 fully saturated rings. The van der Waals surface area contributed by atoms with Crippen LogP contribution in [0.25, 0.3) is 22.5 Å². The topological polar surface area (TPSA) is 110 Å². The second-order valence-corrected chi connectivity index (χ2v) is 8.88. The summed E-state index contributed by atoms with van der Waals surface area (Å²) in [5.74, 6) is 1.34. The van der Waals surface area contributed by atoms with Crippen molar-refractivity contribution in [2.45, 2.75) is 53.5 Å². The molecule has 2 heterocycles. The summed E-state index contributed by atoms with van der Waals surface area (Å²) in [6.45, 7) is 9.54. The van der Waals surface area contributed by atoms with Crippen molar-refractivity contribution >= 4 is 5.91 Å². The molecule has 0 radical (unpaired) electrons. The number of carbonyl (C=O) groups is 1. The number of amides is 1. The van der Waals surface area contributed by atoms with Crippen molar-refractivity contribution in [2.75, 3.05) is 13.1 Å². The van der Waals surface area contributed by atoms with Crippen LogP contribution in [0.4, 0.5) is 0 Å². The zero-order valence-corrected chi connectivity index (χ0v) is 21.9. The predicted molar refractivity (Wildman–Crippen MR) is 143 cm³/mol. The molecule has 1 amide bonds. The number of aryl methyl sites for hydroxylation is 2. The van der Waals surface area contributed by atoms with E-state index in [2.05, 4.69) is 20.6 Å². The van der Waals surface area contributed by atoms with Crippen LogP contribution in [0.15, 0.2) is 53.3 Å². The van der Waals surface area contributed by atoms with E-state index < -0.39 is 0 Å². The van der Waals surface area contributed by atoms with Gasteiger partial charge >= 0.3 is 0 Å². The summed E-state index contributed by atoms with van der Waals surface area (Å²) in [6.07, 6.45) is 1.34. The van der Waals surface area contributed by atoms with Crippen LogP contribution in [0.2, 0.25) is 0 Å². The molecule has 37 heavy (non-hydrogen) atoms. The standard InChI is InChI=1S/C28H33N7O2/c1-5-25-29-19(4)22(16-17-26(36)34(6-2)7-3)28(37)35(25)18-20-12-14-21(15-13-20)23-10-8-9-11-24(23)27-30-32-33-31-27/h8-15H,5-7,16-18H2,1-4H3,(H,30,31,32,33). The van der Waals surface area contributed by atoms with Crippen LogP contribution in [-0.2, 0) is 24.2 Å². The van der Waals surface area contributed by atoms with E-state index in [1.54, 1.807) is 9.47 Å². The van der Waals surface area contributed by atoms with E-state index in [1.165, 1.54) is 0 Å². The van der Waals surface area contributed by atoms with Crippen molar-refractivity contribution in [3.8, 4) is 22.5 Å². The highest BCUT2D eigenvalue weighted by molar-refractivity contribution is 5.80. The molecular formula is C28H33N7O2. The van der Waals surface area contributed by atoms with Crippen molar-refractivity contribution in [2.24, 2.45) is 0 Å². The fourth-order valence-electron chi connectivity index (χ4n) is 4.62. The number of nitrogens with zero attached hydrogens (tertiary/aromatic N) is 6. The van der Waals surface area contributed by atoms with Gasteiger partial charge in [0.25, 0.3) is 5.56 Å². The largest absolute Gasteiger partial charge is 0.343 e. The number of benzene rings is 2. The summed E-state index contributed by atoms with van der Waals surface area (Å²) in [6, 6.07) is 16.0. The monoisotopic (exact) mass is 499 g/mol. The Morgan fingerprint density at radius 3 is 2.32 bits per heavy atom. The molecular weight excluding hydrogens is 466 g/mol. The highest BCUT2D eigenvalue weighted by Gasteiger charge is 2.17. The van der Waals surface area contributed by atoms with Gasteiger partial charge in [0, 0.05) is 42.8 Å². The first kappa shape index (κ1) is 25.9. The zero-order chi connectivity index (χ0) is 26.4. The number of aromatic amines is 1. The smallest absolute Gasteiger partial charge is 0.257 e. The van der Waals surface area contributed by atoms with Crippen molar-refractivity contribution in [3.63, 3.8) is 0 Å². The molecule has 4 rings (SSSR count). The van der Waals surface area contributed by atoms with E-state index >= 15 is 0 Å². The van der Waals surface area contributed by atoms with Crippen LogP contribution in [0.5, 0.6) is 0 Å². The van der Waals surface area contributed by atoms with E-state index in [0.29, 0.717) is 56.0 Å². The van der Waals surface area contributed by atoms with Crippen molar-refractivity contribution < 1.29 is 4.79 Å². The van der Waals surface area contributed by atoms with Crippen LogP contribution in [0.1, 0.15) is 49.8 Å². The molecule has 9 heteroatoms. The quantitative estimate of drug-likeness (QED) is 0.355. The Balaban J connectivity index is 1.60. The fraction of sp³-hybridized carbons (Fsp3) is 0.357. The van der Waals surface area contributed by atoms with Crippen molar-refractivity contribution in [1.82, 2.24) is 35.1 Å². The van der Waals surface area contributed by atoms with E-state index in [0.717, 1.165) is 28.1 Å². The Bertz CT molecular complexity index is 1410. The lowest BCUT2D eigenvalue weighted by atomic mass is 9.98. The summed E-state index contributed by atoms with van der Waals surface area (Å²) >= 11 is 0. The number of aromatic nitrogens is 6. The van der Waals surface area contributed by atoms with Crippen LogP contribution >= 0.6 is 0 Å². The van der Waals surface area contributed by atoms with E-state index in [4.69, 9.17) is 4.98 Å². The van der Waals surface area contributed by atoms with Crippen molar-refractivity contribution in [3.05, 3.63) is 81.5 Å². The lowest BCUT2D eigenvalue weighted by molar-refractivity contribution is -0.130. The summed E-state index contributed by atoms with van der Waals surface area (Å²) < 4.78 is 1.74. The van der Waals surface area contributed by atoms with Gasteiger partial charge in [-0.1, -0.05) is 55.5 Å². The molecule has 0 aliphatic rings. The molecule has 4 aromatic rings. The molecule has 0 bridgehead atoms. The summed E-state index contributed by atoms with van der Waals surface area (Å²) in [7, 11) is 0. The number of rotatable bonds is 10. The first-order valence-corrected chi connectivity index (χ1v) is 12.8. The Labute approximate surface area is 216 Å². The Hall–Kier alpha value is -4.14. The number of nitrogens with one attached hydrogen (secondary N) is 1. The molecule has 192 valence electrons. The molecule has 9 nitrogen and oxygen atoms in total. The van der Waals surface area contributed by atoms with Gasteiger partial charge in [0.2, 0.25) is 11.7 Å². The minimum atomic E-state index is -0.0665. The molecule has 0 aliphatic carbocycles. The van der Waals surface area contributed by atoms with Crippen LogP contribution in [-0.4, -0.2) is 54.1 Å². The van der Waals surface area contributed by atoms with Gasteiger partial charge in [-0.15, -0.1) is 10.2 Å². The Morgan fingerprint density at radius 2 is 1.70 bits per heavy atom. The van der Waals surface area contributed by atoms with Crippen LogP contribution < -0.4 is 5.56 Å². The highest BCUT2D eigenvalue weighted by Crippen LogP contribution is 2.29. The second kappa shape index (κ2) is 11.7. The molecule has 0 atom stereocenters. The zero-order valence-electron chi connectivity index (χ0n) is 21.9. The minimum absolute atomic E-state index is 0.0617. The SMILES string of the molecule is CCc1nc(C)c(CCC(=O)N(CC)CC)c(=O)n1Cc1ccc(-c2ccccc2-c2nn[nH]n2)cc1. The first-order valence-electron chi connectivity index (χ1n) is 12.8. The molecule has 2 aromatic heterocycles. The Morgan fingerprint density at radius 1 is 1.00 bits per heavy atom. The summed E-state index contributed by atoms with van der Waals surface area (Å²) in [5.41, 5.74) is 5.16. The van der Waals surface area contributed by atoms with Gasteiger partial charge in [-0.3, -0.25) is 14.2 Å². The lowest BCUT2D eigenvalue weighted by Crippen LogP contribution is -2.33. The van der Waals surface area contributed by atoms with Gasteiger partial charge in [-0.25, -0.2) is 4.98 Å². The number of hydrogen-bond donors (Lipinski definition) is 1. The molecule has 0 spiro atoms. The lowest BCUT2D eigenvalue weighted by Gasteiger charge is -2.19. The number of H-pyrrole nitrogens is 1. The number of carbonyl (C=O) groups excluding carboxylic acids is 1. The second-order valence-electron chi connectivity index (χ2n) is 8.88. The van der Waals surface area contributed by atoms with Gasteiger partial charge in [0.05, 0.1) is 6.54 Å². The average molecular weight is 500 g/mol. The van der Waals surface area contributed by atoms with Gasteiger partial charge in [-0.05, 0) is 49.1 Å². The maximum absolute atomic E-state index is 13.5. The fourth-order valence-corrected chi connectivity index (χ4v) is 4.62. The molecule has 2 aromatic carbocycles. The molecule has 0 saturated heterocycles. The highest BCUT2D eigenvalue weighted by atomic mass is 16.2. The average Bonchev–Trinajstić information content (AvgIpc) is 3.46. The molecule has 1 N–H and O–H groups in total. The normalized spacial score (nSPS) is 11.0. The predicted octanol–water partition coefficient (Wildman–Crippen LogP) is 3.81. The third kappa shape index (κ3) is 5.66. The Kier molecular flexibility index (Phi) is 8.22. The molecule has 0 aliphatic heterocycles. The van der Waals surface area contributed by atoms with E-state index in [-0.39, 0.29) is 11.5 Å². The number of hydrogen-bond acceptors (Lipinski definition) is 6. The minimum Gasteiger partial charge on any atom is -0.343 e. The maximum Gasteiger partial charge on any atom is 0.257 e. The van der Waals surface area contributed by atoms with Crippen LogP contribution in [0, 0.1) is 6.92 Å². The molecule has 0 saturated carbocycles. The van der Waals surface area contributed by atoms with Gasteiger partial charge < -0.3 is 4.90 Å². The third-order valence-electron chi connectivity index (χ3n) is 6.69. The summed E-state index contributed by atoms with van der Waals surface area (Å²) in [4.78, 5) is 32.6. The summed E-state index contributed by atoms with van der Waals surface area (Å²) in [5, 5.41) is 14.4. The molecule has 0 unspecified atom stereocenters. The van der Waals surface area contributed by atoms with E-state index in [1.807, 2.05) is 76.2 Å². The van der Waals surface area contributed by atoms with E-state index in [9.17, 15) is 9.59 Å². The van der Waals surface area contributed by atoms with Crippen molar-refractivity contribution in [1.29, 1.82) is 0 Å². The maximum atomic E-state index is 13.5. The third-order valence-corrected chi connectivity index (χ3v) is 6.69. The van der Waals surface area contributed by atoms with Gasteiger partial charge in [0.1, 0.15) is 5.82 Å².